The number of hydrogen-bond donors (Lipinski definition) is 1. The van der Waals surface area contributed by atoms with Gasteiger partial charge < -0.3 is 5.11 Å². The molecule has 7 nitrogen and oxygen atoms in total. The van der Waals surface area contributed by atoms with Gasteiger partial charge in [0.15, 0.2) is 11.1 Å². The summed E-state index contributed by atoms with van der Waals surface area (Å²) in [4.78, 5) is 16.3. The largest absolute Gasteiger partial charge is 0.465 e. The molecule has 0 bridgehead atoms. The minimum absolute atomic E-state index is 0.123. The number of aromatic nitrogens is 3. The quantitative estimate of drug-likeness (QED) is 0.319. The van der Waals surface area contributed by atoms with Crippen molar-refractivity contribution < 1.29 is 45.0 Å². The van der Waals surface area contributed by atoms with E-state index in [2.05, 4.69) is 10.1 Å². The number of carboxylic acid groups (broad SMARTS) is 1. The van der Waals surface area contributed by atoms with Crippen molar-refractivity contribution in [2.45, 2.75) is 36.7 Å². The van der Waals surface area contributed by atoms with Crippen LogP contribution >= 0.6 is 23.2 Å². The minimum Gasteiger partial charge on any atom is -0.465 e. The van der Waals surface area contributed by atoms with Gasteiger partial charge in [0.2, 0.25) is 0 Å². The third-order valence-electron chi connectivity index (χ3n) is 6.00. The number of rotatable bonds is 5. The zero-order valence-electron chi connectivity index (χ0n) is 18.7. The van der Waals surface area contributed by atoms with Crippen molar-refractivity contribution >= 4 is 35.1 Å². The molecule has 0 radical (unpaired) electrons. The molecule has 1 unspecified atom stereocenters. The van der Waals surface area contributed by atoms with Crippen molar-refractivity contribution in [3.05, 3.63) is 69.1 Å². The van der Waals surface area contributed by atoms with Crippen LogP contribution < -0.4 is 4.90 Å². The topological polar surface area (TPSA) is 95.0 Å². The molecule has 1 amide bonds. The first-order valence-electron chi connectivity index (χ1n) is 10.4. The molecule has 0 saturated heterocycles. The van der Waals surface area contributed by atoms with Crippen LogP contribution in [-0.4, -0.2) is 38.1 Å². The molecule has 1 aliphatic rings. The van der Waals surface area contributed by atoms with Crippen LogP contribution in [0.5, 0.6) is 0 Å². The average molecular weight is 600 g/mol. The number of hydrogen-bond acceptors (Lipinski definition) is 4. The SMILES string of the molecule is N#Cc1nn(-c2c(Cl)cc(C(F)(F)F)cc2Cl)c(N(Cc2ccncc2)C(=O)O)c1C1(C(F)(F)F)CC1(F)F. The molecule has 1 aliphatic carbocycles. The van der Waals surface area contributed by atoms with Gasteiger partial charge in [0.05, 0.1) is 27.7 Å². The third kappa shape index (κ3) is 4.61. The molecule has 1 saturated carbocycles. The van der Waals surface area contributed by atoms with E-state index in [1.807, 2.05) is 0 Å². The van der Waals surface area contributed by atoms with Gasteiger partial charge in [-0.3, -0.25) is 9.88 Å². The highest BCUT2D eigenvalue weighted by atomic mass is 35.5. The summed E-state index contributed by atoms with van der Waals surface area (Å²) in [6, 6.07) is 4.46. The molecule has 39 heavy (non-hydrogen) atoms. The molecule has 1 aromatic carbocycles. The fraction of sp³-hybridized carbons (Fsp3) is 0.273. The Hall–Kier alpha value is -3.64. The molecule has 2 heterocycles. The normalized spacial score (nSPS) is 18.5. The van der Waals surface area contributed by atoms with E-state index in [0.717, 1.165) is 0 Å². The van der Waals surface area contributed by atoms with E-state index < -0.39 is 81.1 Å². The van der Waals surface area contributed by atoms with Gasteiger partial charge >= 0.3 is 18.4 Å². The van der Waals surface area contributed by atoms with E-state index in [0.29, 0.717) is 12.1 Å². The zero-order valence-corrected chi connectivity index (χ0v) is 20.3. The lowest BCUT2D eigenvalue weighted by atomic mass is 9.93. The van der Waals surface area contributed by atoms with Gasteiger partial charge in [-0.05, 0) is 29.8 Å². The Morgan fingerprint density at radius 1 is 1.13 bits per heavy atom. The summed E-state index contributed by atoms with van der Waals surface area (Å²) in [5.74, 6) is -5.68. The number of amides is 1. The molecule has 1 N–H and O–H groups in total. The summed E-state index contributed by atoms with van der Waals surface area (Å²) < 4.78 is 112. The molecular formula is C22H11Cl2F8N5O2. The predicted molar refractivity (Wildman–Crippen MR) is 119 cm³/mol. The second kappa shape index (κ2) is 9.23. The van der Waals surface area contributed by atoms with E-state index in [9.17, 15) is 50.3 Å². The second-order valence-corrected chi connectivity index (χ2v) is 9.18. The fourth-order valence-corrected chi connectivity index (χ4v) is 4.78. The first-order valence-corrected chi connectivity index (χ1v) is 11.2. The van der Waals surface area contributed by atoms with E-state index in [4.69, 9.17) is 23.2 Å². The number of alkyl halides is 8. The second-order valence-electron chi connectivity index (χ2n) is 8.37. The van der Waals surface area contributed by atoms with Crippen LogP contribution in [0.4, 0.5) is 45.7 Å². The average Bonchev–Trinajstić information content (AvgIpc) is 3.23. The molecule has 0 aliphatic heterocycles. The maximum Gasteiger partial charge on any atom is 0.416 e. The monoisotopic (exact) mass is 599 g/mol. The number of nitrogens with zero attached hydrogens (tertiary/aromatic N) is 5. The lowest BCUT2D eigenvalue weighted by molar-refractivity contribution is -0.182. The Labute approximate surface area is 222 Å². The fourth-order valence-electron chi connectivity index (χ4n) is 4.13. The van der Waals surface area contributed by atoms with Crippen LogP contribution in [0, 0.1) is 11.3 Å². The van der Waals surface area contributed by atoms with Gasteiger partial charge in [0.1, 0.15) is 17.6 Å². The molecule has 4 rings (SSSR count). The molecule has 2 aromatic heterocycles. The van der Waals surface area contributed by atoms with Crippen LogP contribution in [0.25, 0.3) is 5.69 Å². The van der Waals surface area contributed by atoms with Crippen LogP contribution in [0.2, 0.25) is 10.0 Å². The van der Waals surface area contributed by atoms with Crippen molar-refractivity contribution in [2.24, 2.45) is 0 Å². The van der Waals surface area contributed by atoms with E-state index >= 15 is 0 Å². The zero-order chi connectivity index (χ0) is 29.1. The summed E-state index contributed by atoms with van der Waals surface area (Å²) in [6.45, 7) is -0.767. The summed E-state index contributed by atoms with van der Waals surface area (Å²) in [7, 11) is 0. The molecule has 1 atom stereocenters. The predicted octanol–water partition coefficient (Wildman–Crippen LogP) is 6.99. The summed E-state index contributed by atoms with van der Waals surface area (Å²) in [6.07, 6.45) is -12.1. The smallest absolute Gasteiger partial charge is 0.416 e. The Kier molecular flexibility index (Phi) is 6.72. The number of pyridine rings is 1. The molecule has 1 fully saturated rings. The molecule has 3 aromatic rings. The third-order valence-corrected chi connectivity index (χ3v) is 6.57. The number of halogens is 10. The Bertz CT molecular complexity index is 1480. The summed E-state index contributed by atoms with van der Waals surface area (Å²) in [5.41, 5.74) is -8.80. The van der Waals surface area contributed by atoms with Gasteiger partial charge in [-0.1, -0.05) is 23.2 Å². The van der Waals surface area contributed by atoms with Gasteiger partial charge in [0.25, 0.3) is 5.92 Å². The van der Waals surface area contributed by atoms with Crippen molar-refractivity contribution in [2.75, 3.05) is 4.90 Å². The van der Waals surface area contributed by atoms with Gasteiger partial charge in [-0.25, -0.2) is 18.3 Å². The standard InChI is InChI=1S/C22H11Cl2F8N5O2/c23-12-5-11(21(27,28)29)6-13(24)16(12)37-17(36(18(38)39)8-10-1-3-34-4-2-10)15(14(7-33)35-37)19(22(30,31)32)9-20(19,25)26/h1-6H,8-9H2,(H,38,39). The lowest BCUT2D eigenvalue weighted by Crippen LogP contribution is -2.38. The highest BCUT2D eigenvalue weighted by molar-refractivity contribution is 6.38. The van der Waals surface area contributed by atoms with E-state index in [1.54, 1.807) is 0 Å². The van der Waals surface area contributed by atoms with Crippen LogP contribution in [0.3, 0.4) is 0 Å². The number of carbonyl (C=O) groups is 1. The number of nitriles is 1. The van der Waals surface area contributed by atoms with Gasteiger partial charge in [-0.2, -0.15) is 36.7 Å². The maximum atomic E-state index is 14.6. The summed E-state index contributed by atoms with van der Waals surface area (Å²) in [5, 5.41) is 21.4. The highest BCUT2D eigenvalue weighted by Gasteiger charge is 2.86. The van der Waals surface area contributed by atoms with Crippen LogP contribution in [0.1, 0.15) is 28.8 Å². The summed E-state index contributed by atoms with van der Waals surface area (Å²) >= 11 is 12.0. The molecule has 206 valence electrons. The van der Waals surface area contributed by atoms with Crippen molar-refractivity contribution in [3.63, 3.8) is 0 Å². The molecule has 0 spiro atoms. The first-order chi connectivity index (χ1) is 18.0. The van der Waals surface area contributed by atoms with Crippen molar-refractivity contribution in [1.82, 2.24) is 14.8 Å². The number of anilines is 1. The van der Waals surface area contributed by atoms with E-state index in [-0.39, 0.29) is 15.1 Å². The van der Waals surface area contributed by atoms with Crippen molar-refractivity contribution in [1.29, 1.82) is 5.26 Å². The van der Waals surface area contributed by atoms with Crippen molar-refractivity contribution in [3.8, 4) is 11.8 Å². The van der Waals surface area contributed by atoms with Gasteiger partial charge in [0, 0.05) is 18.8 Å². The maximum absolute atomic E-state index is 14.6. The van der Waals surface area contributed by atoms with Gasteiger partial charge in [-0.15, -0.1) is 0 Å². The molecule has 17 heteroatoms. The van der Waals surface area contributed by atoms with E-state index in [1.165, 1.54) is 30.6 Å². The lowest BCUT2D eigenvalue weighted by Gasteiger charge is -2.27. The first kappa shape index (κ1) is 28.4. The Morgan fingerprint density at radius 3 is 2.08 bits per heavy atom. The highest BCUT2D eigenvalue weighted by Crippen LogP contribution is 2.71. The Morgan fingerprint density at radius 2 is 1.67 bits per heavy atom. The van der Waals surface area contributed by atoms with Crippen LogP contribution in [-0.2, 0) is 18.1 Å². The Balaban J connectivity index is 2.11. The number of benzene rings is 1. The molecular weight excluding hydrogens is 589 g/mol. The van der Waals surface area contributed by atoms with Crippen LogP contribution in [0.15, 0.2) is 36.7 Å². The minimum atomic E-state index is -5.71.